The molecule has 3 rings (SSSR count). The number of carbonyl (C=O) groups excluding carboxylic acids is 1. The van der Waals surface area contributed by atoms with Crippen molar-refractivity contribution in [3.8, 4) is 0 Å². The van der Waals surface area contributed by atoms with Crippen LogP contribution in [0.1, 0.15) is 38.7 Å². The summed E-state index contributed by atoms with van der Waals surface area (Å²) in [6.07, 6.45) is 2.42. The number of nitrogens with one attached hydrogen (secondary N) is 1. The van der Waals surface area contributed by atoms with Crippen molar-refractivity contribution in [3.63, 3.8) is 0 Å². The van der Waals surface area contributed by atoms with Crippen LogP contribution < -0.4 is 5.32 Å². The zero-order valence-electron chi connectivity index (χ0n) is 18.1. The smallest absolute Gasteiger partial charge is 0.244 e. The number of rotatable bonds is 8. The van der Waals surface area contributed by atoms with E-state index in [-0.39, 0.29) is 16.1 Å². The first-order valence-electron chi connectivity index (χ1n) is 10.4. The molecule has 1 fully saturated rings. The average molecular weight is 464 g/mol. The lowest BCUT2D eigenvalue weighted by Crippen LogP contribution is -2.40. The molecule has 1 aromatic carbocycles. The fourth-order valence-corrected chi connectivity index (χ4v) is 5.28. The molecule has 0 saturated carbocycles. The van der Waals surface area contributed by atoms with Gasteiger partial charge in [0.15, 0.2) is 0 Å². The molecule has 0 spiro atoms. The van der Waals surface area contributed by atoms with E-state index in [4.69, 9.17) is 4.74 Å². The number of anilines is 1. The van der Waals surface area contributed by atoms with Crippen LogP contribution in [0.4, 0.5) is 5.69 Å². The van der Waals surface area contributed by atoms with Crippen molar-refractivity contribution in [1.29, 1.82) is 0 Å². The maximum absolute atomic E-state index is 12.7. The zero-order chi connectivity index (χ0) is 22.4. The predicted molar refractivity (Wildman–Crippen MR) is 123 cm³/mol. The van der Waals surface area contributed by atoms with Gasteiger partial charge in [0.1, 0.15) is 4.90 Å². The number of amides is 1. The standard InChI is InChI=1S/C22H29N3O4S2/c1-4-16(2)18-5-7-19(8-6-18)24-22(26)17(3)30-21-10-9-20(15-23-21)31(27,28)25-11-13-29-14-12-25/h5-10,15-17H,4,11-14H2,1-3H3,(H,24,26)/t16-,17-/m1/s1. The molecule has 1 aliphatic rings. The summed E-state index contributed by atoms with van der Waals surface area (Å²) in [5.74, 6) is 0.355. The number of aromatic nitrogens is 1. The summed E-state index contributed by atoms with van der Waals surface area (Å²) in [7, 11) is -3.57. The Kier molecular flexibility index (Phi) is 8.10. The van der Waals surface area contributed by atoms with Crippen LogP contribution in [0.3, 0.4) is 0 Å². The monoisotopic (exact) mass is 463 g/mol. The first kappa shape index (κ1) is 23.7. The minimum Gasteiger partial charge on any atom is -0.379 e. The molecule has 1 N–H and O–H groups in total. The van der Waals surface area contributed by atoms with Crippen molar-refractivity contribution in [2.75, 3.05) is 31.6 Å². The van der Waals surface area contributed by atoms with Crippen LogP contribution in [0.2, 0.25) is 0 Å². The van der Waals surface area contributed by atoms with Crippen molar-refractivity contribution >= 4 is 33.4 Å². The first-order chi connectivity index (χ1) is 14.8. The van der Waals surface area contributed by atoms with Gasteiger partial charge in [-0.1, -0.05) is 37.7 Å². The summed E-state index contributed by atoms with van der Waals surface area (Å²) in [4.78, 5) is 17.0. The van der Waals surface area contributed by atoms with Crippen molar-refractivity contribution < 1.29 is 17.9 Å². The lowest BCUT2D eigenvalue weighted by atomic mass is 9.99. The molecule has 9 heteroatoms. The summed E-state index contributed by atoms with van der Waals surface area (Å²) in [6.45, 7) is 7.60. The molecule has 0 aliphatic carbocycles. The minimum absolute atomic E-state index is 0.131. The Labute approximate surface area is 188 Å². The number of hydrogen-bond acceptors (Lipinski definition) is 6. The van der Waals surface area contributed by atoms with Gasteiger partial charge in [0.05, 0.1) is 23.5 Å². The Balaban J connectivity index is 1.58. The molecular weight excluding hydrogens is 434 g/mol. The summed E-state index contributed by atoms with van der Waals surface area (Å²) in [6, 6.07) is 11.1. The number of nitrogens with zero attached hydrogens (tertiary/aromatic N) is 2. The Hall–Kier alpha value is -1.94. The maximum Gasteiger partial charge on any atom is 0.244 e. The summed E-state index contributed by atoms with van der Waals surface area (Å²) in [5, 5.41) is 3.13. The van der Waals surface area contributed by atoms with Gasteiger partial charge in [0.2, 0.25) is 15.9 Å². The largest absolute Gasteiger partial charge is 0.379 e. The van der Waals surface area contributed by atoms with Gasteiger partial charge >= 0.3 is 0 Å². The highest BCUT2D eigenvalue weighted by Crippen LogP contribution is 2.25. The quantitative estimate of drug-likeness (QED) is 0.600. The number of morpholine rings is 1. The van der Waals surface area contributed by atoms with Crippen LogP contribution in [-0.2, 0) is 19.6 Å². The second kappa shape index (κ2) is 10.6. The van der Waals surface area contributed by atoms with Gasteiger partial charge in [-0.3, -0.25) is 4.79 Å². The van der Waals surface area contributed by atoms with Gasteiger partial charge in [-0.15, -0.1) is 0 Å². The molecule has 1 amide bonds. The molecule has 7 nitrogen and oxygen atoms in total. The molecule has 1 aliphatic heterocycles. The van der Waals surface area contributed by atoms with Crippen molar-refractivity contribution in [1.82, 2.24) is 9.29 Å². The number of benzene rings is 1. The fraction of sp³-hybridized carbons (Fsp3) is 0.455. The van der Waals surface area contributed by atoms with E-state index in [9.17, 15) is 13.2 Å². The second-order valence-electron chi connectivity index (χ2n) is 7.53. The zero-order valence-corrected chi connectivity index (χ0v) is 19.7. The highest BCUT2D eigenvalue weighted by molar-refractivity contribution is 8.00. The maximum atomic E-state index is 12.7. The van der Waals surface area contributed by atoms with E-state index >= 15 is 0 Å². The molecule has 1 aromatic heterocycles. The van der Waals surface area contributed by atoms with Gasteiger partial charge in [-0.2, -0.15) is 4.31 Å². The predicted octanol–water partition coefficient (Wildman–Crippen LogP) is 3.74. The lowest BCUT2D eigenvalue weighted by Gasteiger charge is -2.25. The number of carbonyl (C=O) groups is 1. The third-order valence-electron chi connectivity index (χ3n) is 5.34. The van der Waals surface area contributed by atoms with E-state index in [0.717, 1.165) is 12.1 Å². The second-order valence-corrected chi connectivity index (χ2v) is 10.8. The fourth-order valence-electron chi connectivity index (χ4n) is 3.13. The highest BCUT2D eigenvalue weighted by Gasteiger charge is 2.26. The molecular formula is C22H29N3O4S2. The van der Waals surface area contributed by atoms with Crippen molar-refractivity contribution in [3.05, 3.63) is 48.2 Å². The van der Waals surface area contributed by atoms with Crippen LogP contribution in [0.5, 0.6) is 0 Å². The Morgan fingerprint density at radius 2 is 1.84 bits per heavy atom. The minimum atomic E-state index is -3.57. The van der Waals surface area contributed by atoms with E-state index in [1.54, 1.807) is 19.1 Å². The van der Waals surface area contributed by atoms with Gasteiger partial charge in [0, 0.05) is 25.0 Å². The number of ether oxygens (including phenoxy) is 1. The van der Waals surface area contributed by atoms with Gasteiger partial charge < -0.3 is 10.1 Å². The third kappa shape index (κ3) is 6.06. The molecule has 31 heavy (non-hydrogen) atoms. The SMILES string of the molecule is CC[C@@H](C)c1ccc(NC(=O)[C@@H](C)Sc2ccc(S(=O)(=O)N3CCOCC3)cn2)cc1. The molecule has 0 bridgehead atoms. The molecule has 1 saturated heterocycles. The third-order valence-corrected chi connectivity index (χ3v) is 8.28. The molecule has 2 heterocycles. The number of sulfonamides is 1. The van der Waals surface area contributed by atoms with E-state index in [2.05, 4.69) is 24.1 Å². The molecule has 0 unspecified atom stereocenters. The average Bonchev–Trinajstić information content (AvgIpc) is 2.80. The van der Waals surface area contributed by atoms with Crippen molar-refractivity contribution in [2.45, 2.75) is 48.3 Å². The van der Waals surface area contributed by atoms with Crippen LogP contribution in [0.15, 0.2) is 52.5 Å². The van der Waals surface area contributed by atoms with Crippen molar-refractivity contribution in [2.24, 2.45) is 0 Å². The van der Waals surface area contributed by atoms with Crippen LogP contribution in [0.25, 0.3) is 0 Å². The number of hydrogen-bond donors (Lipinski definition) is 1. The van der Waals surface area contributed by atoms with Crippen LogP contribution in [0, 0.1) is 0 Å². The van der Waals surface area contributed by atoms with Crippen LogP contribution in [-0.4, -0.2) is 55.2 Å². The first-order valence-corrected chi connectivity index (χ1v) is 12.7. The normalized spacial score (nSPS) is 17.1. The van der Waals surface area contributed by atoms with E-state index in [1.165, 1.54) is 27.8 Å². The summed E-state index contributed by atoms with van der Waals surface area (Å²) < 4.78 is 32.0. The van der Waals surface area contributed by atoms with E-state index in [0.29, 0.717) is 37.2 Å². The molecule has 2 atom stereocenters. The van der Waals surface area contributed by atoms with Gasteiger partial charge in [0.25, 0.3) is 0 Å². The Bertz CT molecular complexity index is 973. The van der Waals surface area contributed by atoms with Crippen LogP contribution >= 0.6 is 11.8 Å². The summed E-state index contributed by atoms with van der Waals surface area (Å²) >= 11 is 1.29. The highest BCUT2D eigenvalue weighted by atomic mass is 32.2. The number of pyridine rings is 1. The molecule has 168 valence electrons. The van der Waals surface area contributed by atoms with E-state index < -0.39 is 10.0 Å². The number of thioether (sulfide) groups is 1. The summed E-state index contributed by atoms with van der Waals surface area (Å²) in [5.41, 5.74) is 2.00. The Morgan fingerprint density at radius 3 is 2.42 bits per heavy atom. The topological polar surface area (TPSA) is 88.6 Å². The molecule has 0 radical (unpaired) electrons. The lowest BCUT2D eigenvalue weighted by molar-refractivity contribution is -0.115. The van der Waals surface area contributed by atoms with Gasteiger partial charge in [-0.05, 0) is 49.1 Å². The Morgan fingerprint density at radius 1 is 1.16 bits per heavy atom. The van der Waals surface area contributed by atoms with E-state index in [1.807, 2.05) is 24.3 Å². The molecule has 2 aromatic rings. The van der Waals surface area contributed by atoms with Gasteiger partial charge in [-0.25, -0.2) is 13.4 Å².